The number of aromatic hydroxyl groups is 1. The van der Waals surface area contributed by atoms with E-state index in [1.165, 1.54) is 18.3 Å². The highest BCUT2D eigenvalue weighted by Crippen LogP contribution is 2.38. The highest BCUT2D eigenvalue weighted by Gasteiger charge is 2.46. The maximum Gasteiger partial charge on any atom is 0.386 e. The fourth-order valence-corrected chi connectivity index (χ4v) is 2.89. The van der Waals surface area contributed by atoms with Crippen LogP contribution in [0.15, 0.2) is 67.0 Å². The van der Waals surface area contributed by atoms with Crippen molar-refractivity contribution in [3.8, 4) is 11.5 Å². The number of hydrogen-bond donors (Lipinski definition) is 3. The molecule has 0 saturated carbocycles. The summed E-state index contributed by atoms with van der Waals surface area (Å²) in [6.45, 7) is 0. The minimum atomic E-state index is -3.54. The van der Waals surface area contributed by atoms with Crippen LogP contribution >= 0.6 is 23.2 Å². The average molecular weight is 466 g/mol. The topological polar surface area (TPSA) is 112 Å². The van der Waals surface area contributed by atoms with Gasteiger partial charge in [0.05, 0.1) is 11.9 Å². The van der Waals surface area contributed by atoms with E-state index in [0.717, 1.165) is 18.3 Å². The van der Waals surface area contributed by atoms with Crippen LogP contribution in [0, 0.1) is 0 Å². The van der Waals surface area contributed by atoms with Gasteiger partial charge >= 0.3 is 11.2 Å². The molecular weight excluding hydrogens is 452 g/mol. The quantitative estimate of drug-likeness (QED) is 0.268. The van der Waals surface area contributed by atoms with E-state index in [4.69, 9.17) is 28.0 Å². The Labute approximate surface area is 185 Å². The van der Waals surface area contributed by atoms with Crippen LogP contribution < -0.4 is 15.2 Å². The fourth-order valence-electron chi connectivity index (χ4n) is 2.48. The van der Waals surface area contributed by atoms with Gasteiger partial charge in [0.2, 0.25) is 0 Å². The van der Waals surface area contributed by atoms with Crippen LogP contribution in [0.1, 0.15) is 10.4 Å². The molecule has 31 heavy (non-hydrogen) atoms. The third kappa shape index (κ3) is 4.79. The lowest BCUT2D eigenvalue weighted by Crippen LogP contribution is -2.49. The van der Waals surface area contributed by atoms with E-state index in [0.29, 0.717) is 5.69 Å². The molecule has 1 unspecified atom stereocenters. The Balaban J connectivity index is 1.99. The summed E-state index contributed by atoms with van der Waals surface area (Å²) in [6, 6.07) is 13.3. The van der Waals surface area contributed by atoms with E-state index in [-0.39, 0.29) is 22.1 Å². The molecule has 0 aliphatic carbocycles. The number of phenolic OH excluding ortho intramolecular Hbond substituents is 1. The number of phenols is 1. The summed E-state index contributed by atoms with van der Waals surface area (Å²) in [6.07, 6.45) is 2.48. The van der Waals surface area contributed by atoms with Gasteiger partial charge in [0.25, 0.3) is 5.91 Å². The molecule has 3 rings (SSSR count). The number of anilines is 2. The van der Waals surface area contributed by atoms with Crippen LogP contribution in [-0.2, 0) is 4.79 Å². The van der Waals surface area contributed by atoms with E-state index >= 15 is 0 Å². The Morgan fingerprint density at radius 3 is 2.45 bits per heavy atom. The number of pyridine rings is 1. The van der Waals surface area contributed by atoms with Crippen LogP contribution in [0.25, 0.3) is 0 Å². The van der Waals surface area contributed by atoms with E-state index in [2.05, 4.69) is 10.3 Å². The van der Waals surface area contributed by atoms with Gasteiger partial charge in [-0.2, -0.15) is 4.39 Å². The number of aliphatic carboxylic acids is 1. The zero-order valence-corrected chi connectivity index (χ0v) is 17.0. The lowest BCUT2D eigenvalue weighted by atomic mass is 10.1. The van der Waals surface area contributed by atoms with Crippen LogP contribution in [0.3, 0.4) is 0 Å². The number of hydroxylamine groups is 1. The predicted octanol–water partition coefficient (Wildman–Crippen LogP) is 4.44. The molecule has 0 saturated heterocycles. The molecule has 160 valence electrons. The average Bonchev–Trinajstić information content (AvgIpc) is 2.74. The summed E-state index contributed by atoms with van der Waals surface area (Å²) in [5, 5.41) is 18.1. The maximum atomic E-state index is 14.8. The minimum absolute atomic E-state index is 0.151. The molecule has 0 aliphatic rings. The monoisotopic (exact) mass is 465 g/mol. The van der Waals surface area contributed by atoms with Crippen molar-refractivity contribution in [2.75, 3.05) is 10.4 Å². The molecule has 11 heteroatoms. The SMILES string of the molecule is O=C(Nc1ccccc1)c1c(O)ccc(ON(c2cccnc2)C(F)(Cl)C(=O)O)c1Cl. The number of hydrogen-bond acceptors (Lipinski definition) is 6. The van der Waals surface area contributed by atoms with Gasteiger partial charge in [0.15, 0.2) is 5.75 Å². The fraction of sp³-hybridized carbons (Fsp3) is 0.0500. The van der Waals surface area contributed by atoms with Crippen molar-refractivity contribution in [1.82, 2.24) is 4.98 Å². The normalized spacial score (nSPS) is 12.5. The van der Waals surface area contributed by atoms with Gasteiger partial charge in [-0.05, 0) is 48.0 Å². The molecule has 1 heterocycles. The number of carboxylic acids is 1. The first-order chi connectivity index (χ1) is 14.7. The first kappa shape index (κ1) is 22.1. The number of benzene rings is 2. The number of carboxylic acid groups (broad SMARTS) is 1. The van der Waals surface area contributed by atoms with E-state index in [1.54, 1.807) is 30.3 Å². The van der Waals surface area contributed by atoms with Crippen molar-refractivity contribution in [1.29, 1.82) is 0 Å². The molecule has 0 spiro atoms. The summed E-state index contributed by atoms with van der Waals surface area (Å²) in [5.74, 6) is -3.66. The summed E-state index contributed by atoms with van der Waals surface area (Å²) in [7, 11) is 0. The van der Waals surface area contributed by atoms with Gasteiger partial charge in [0.1, 0.15) is 16.3 Å². The standard InChI is InChI=1S/C20H14Cl2FN3O5/c21-17-15(31-26(20(22,23)19(29)30)13-7-4-10-24-11-13)9-8-14(27)16(17)18(28)25-12-5-2-1-3-6-12/h1-11,27H,(H,25,28)(H,29,30). The van der Waals surface area contributed by atoms with Crippen LogP contribution in [0.4, 0.5) is 15.8 Å². The number of alkyl halides is 2. The third-order valence-corrected chi connectivity index (χ3v) is 4.62. The third-order valence-electron chi connectivity index (χ3n) is 3.93. The van der Waals surface area contributed by atoms with Crippen molar-refractivity contribution in [2.45, 2.75) is 5.25 Å². The van der Waals surface area contributed by atoms with Gasteiger partial charge < -0.3 is 20.4 Å². The zero-order valence-electron chi connectivity index (χ0n) is 15.5. The number of carbonyl (C=O) groups excluding carboxylic acids is 1. The molecule has 8 nitrogen and oxygen atoms in total. The lowest BCUT2D eigenvalue weighted by Gasteiger charge is -2.30. The molecule has 0 radical (unpaired) electrons. The number of amides is 1. The molecule has 2 aromatic carbocycles. The number of para-hydroxylation sites is 1. The first-order valence-electron chi connectivity index (χ1n) is 8.59. The molecule has 1 amide bonds. The largest absolute Gasteiger partial charge is 0.507 e. The van der Waals surface area contributed by atoms with E-state index in [9.17, 15) is 24.2 Å². The van der Waals surface area contributed by atoms with Gasteiger partial charge in [-0.3, -0.25) is 9.78 Å². The first-order valence-corrected chi connectivity index (χ1v) is 9.34. The molecule has 1 atom stereocenters. The molecule has 1 aromatic heterocycles. The number of aromatic nitrogens is 1. The zero-order chi connectivity index (χ0) is 22.6. The smallest absolute Gasteiger partial charge is 0.386 e. The summed E-state index contributed by atoms with van der Waals surface area (Å²) in [4.78, 5) is 33.1. The van der Waals surface area contributed by atoms with Crippen LogP contribution in [0.5, 0.6) is 11.5 Å². The highest BCUT2D eigenvalue weighted by atomic mass is 35.5. The van der Waals surface area contributed by atoms with Crippen molar-refractivity contribution in [2.24, 2.45) is 0 Å². The van der Waals surface area contributed by atoms with Gasteiger partial charge in [-0.1, -0.05) is 29.8 Å². The summed E-state index contributed by atoms with van der Waals surface area (Å²) >= 11 is 11.8. The highest BCUT2D eigenvalue weighted by molar-refractivity contribution is 6.36. The van der Waals surface area contributed by atoms with E-state index in [1.807, 2.05) is 0 Å². The Morgan fingerprint density at radius 2 is 1.84 bits per heavy atom. The van der Waals surface area contributed by atoms with Crippen molar-refractivity contribution in [3.63, 3.8) is 0 Å². The number of halogens is 3. The lowest BCUT2D eigenvalue weighted by molar-refractivity contribution is -0.147. The van der Waals surface area contributed by atoms with Gasteiger partial charge in [-0.25, -0.2) is 4.79 Å². The maximum absolute atomic E-state index is 14.8. The number of nitrogens with zero attached hydrogens (tertiary/aromatic N) is 2. The molecule has 3 N–H and O–H groups in total. The van der Waals surface area contributed by atoms with Gasteiger partial charge in [0, 0.05) is 11.9 Å². The number of carbonyl (C=O) groups is 2. The Bertz CT molecular complexity index is 1100. The molecule has 3 aromatic rings. The Morgan fingerprint density at radius 1 is 1.13 bits per heavy atom. The van der Waals surface area contributed by atoms with E-state index < -0.39 is 27.9 Å². The van der Waals surface area contributed by atoms with Crippen molar-refractivity contribution in [3.05, 3.63) is 77.6 Å². The molecule has 0 bridgehead atoms. The summed E-state index contributed by atoms with van der Waals surface area (Å²) < 4.78 is 14.8. The van der Waals surface area contributed by atoms with Crippen LogP contribution in [-0.4, -0.2) is 32.3 Å². The molecule has 0 fully saturated rings. The number of nitrogens with one attached hydrogen (secondary N) is 1. The second kappa shape index (κ2) is 9.07. The van der Waals surface area contributed by atoms with Gasteiger partial charge in [-0.15, -0.1) is 5.06 Å². The van der Waals surface area contributed by atoms with Crippen molar-refractivity contribution >= 4 is 46.5 Å². The number of rotatable bonds is 7. The van der Waals surface area contributed by atoms with Crippen molar-refractivity contribution < 1.29 is 29.0 Å². The summed E-state index contributed by atoms with van der Waals surface area (Å²) in [5.41, 5.74) is -0.0916. The second-order valence-corrected chi connectivity index (χ2v) is 6.91. The Hall–Kier alpha value is -3.56. The van der Waals surface area contributed by atoms with Crippen LogP contribution in [0.2, 0.25) is 5.02 Å². The minimum Gasteiger partial charge on any atom is -0.507 e. The second-order valence-electron chi connectivity index (χ2n) is 6.04. The Kier molecular flexibility index (Phi) is 6.47. The molecule has 0 aliphatic heterocycles. The predicted molar refractivity (Wildman–Crippen MR) is 112 cm³/mol. The molecular formula is C20H14Cl2FN3O5.